The van der Waals surface area contributed by atoms with Gasteiger partial charge in [-0.3, -0.25) is 14.9 Å². The summed E-state index contributed by atoms with van der Waals surface area (Å²) in [5, 5.41) is 10.4. The van der Waals surface area contributed by atoms with Crippen LogP contribution >= 0.6 is 0 Å². The number of anilines is 2. The summed E-state index contributed by atoms with van der Waals surface area (Å²) in [6.45, 7) is 0.422. The molecule has 1 N–H and O–H groups in total. The first-order valence-corrected chi connectivity index (χ1v) is 11.5. The lowest BCUT2D eigenvalue weighted by Gasteiger charge is -2.15. The van der Waals surface area contributed by atoms with Gasteiger partial charge in [0.15, 0.2) is 9.84 Å². The van der Waals surface area contributed by atoms with Crippen LogP contribution in [-0.4, -0.2) is 43.2 Å². The molecule has 0 aliphatic carbocycles. The smallest absolute Gasteiger partial charge is 0.322 e. The molecule has 9 nitrogen and oxygen atoms in total. The summed E-state index contributed by atoms with van der Waals surface area (Å²) >= 11 is 0. The molecule has 1 atom stereocenters. The van der Waals surface area contributed by atoms with Gasteiger partial charge in [0.05, 0.1) is 17.2 Å². The number of nitrogens with zero attached hydrogens (tertiary/aromatic N) is 3. The maximum Gasteiger partial charge on any atom is 0.322 e. The summed E-state index contributed by atoms with van der Waals surface area (Å²) in [5.74, 6) is -0.373. The molecule has 2 aromatic carbocycles. The summed E-state index contributed by atoms with van der Waals surface area (Å²) < 4.78 is 28.6. The van der Waals surface area contributed by atoms with E-state index in [1.807, 2.05) is 30.3 Å². The van der Waals surface area contributed by atoms with Gasteiger partial charge in [0.1, 0.15) is 0 Å². The van der Waals surface area contributed by atoms with Crippen molar-refractivity contribution in [3.63, 3.8) is 0 Å². The highest BCUT2D eigenvalue weighted by molar-refractivity contribution is 7.90. The first kappa shape index (κ1) is 20.7. The summed E-state index contributed by atoms with van der Waals surface area (Å²) in [6, 6.07) is 15.4. The fourth-order valence-electron chi connectivity index (χ4n) is 3.38. The number of carbonyl (C=O) groups excluding carboxylic acids is 2. The fourth-order valence-corrected chi connectivity index (χ4v) is 4.01. The molecule has 0 radical (unpaired) electrons. The molecular formula is C21H20N4O5S. The van der Waals surface area contributed by atoms with E-state index in [9.17, 15) is 18.0 Å². The lowest BCUT2D eigenvalue weighted by molar-refractivity contribution is -0.117. The standard InChI is InChI=1S/C21H20N4O5S/c1-31(28,29)17-9-7-14(8-10-17)11-18(26)22-21-24-23-20(30-21)15-12-19(27)25(13-15)16-5-3-2-4-6-16/h2-10,15H,11-13H2,1H3,(H,22,24,26). The van der Waals surface area contributed by atoms with Crippen molar-refractivity contribution >= 4 is 33.4 Å². The van der Waals surface area contributed by atoms with Gasteiger partial charge >= 0.3 is 6.01 Å². The number of amides is 2. The summed E-state index contributed by atoms with van der Waals surface area (Å²) in [5.41, 5.74) is 1.45. The van der Waals surface area contributed by atoms with Crippen LogP contribution in [0.15, 0.2) is 63.9 Å². The van der Waals surface area contributed by atoms with Crippen LogP contribution in [0.2, 0.25) is 0 Å². The van der Waals surface area contributed by atoms with E-state index in [0.29, 0.717) is 18.0 Å². The highest BCUT2D eigenvalue weighted by Crippen LogP contribution is 2.31. The number of sulfone groups is 1. The zero-order valence-corrected chi connectivity index (χ0v) is 17.5. The zero-order valence-electron chi connectivity index (χ0n) is 16.7. The highest BCUT2D eigenvalue weighted by Gasteiger charge is 2.35. The molecule has 2 heterocycles. The van der Waals surface area contributed by atoms with Gasteiger partial charge in [-0.25, -0.2) is 8.42 Å². The van der Waals surface area contributed by atoms with Crippen LogP contribution in [0.25, 0.3) is 0 Å². The lowest BCUT2D eigenvalue weighted by Crippen LogP contribution is -2.24. The molecule has 31 heavy (non-hydrogen) atoms. The molecule has 1 aromatic heterocycles. The quantitative estimate of drug-likeness (QED) is 0.623. The first-order valence-electron chi connectivity index (χ1n) is 9.57. The van der Waals surface area contributed by atoms with Gasteiger partial charge in [0.25, 0.3) is 0 Å². The van der Waals surface area contributed by atoms with E-state index in [1.54, 1.807) is 17.0 Å². The van der Waals surface area contributed by atoms with Crippen LogP contribution in [0.1, 0.15) is 23.8 Å². The third-order valence-electron chi connectivity index (χ3n) is 4.95. The fraction of sp³-hybridized carbons (Fsp3) is 0.238. The minimum atomic E-state index is -3.29. The first-order chi connectivity index (χ1) is 14.8. The topological polar surface area (TPSA) is 122 Å². The van der Waals surface area contributed by atoms with Gasteiger partial charge < -0.3 is 9.32 Å². The normalized spacial score (nSPS) is 16.5. The van der Waals surface area contributed by atoms with Crippen molar-refractivity contribution in [1.82, 2.24) is 10.2 Å². The Balaban J connectivity index is 1.37. The van der Waals surface area contributed by atoms with Crippen molar-refractivity contribution in [3.8, 4) is 0 Å². The largest absolute Gasteiger partial charge is 0.407 e. The number of nitrogens with one attached hydrogen (secondary N) is 1. The van der Waals surface area contributed by atoms with Crippen LogP contribution in [0.4, 0.5) is 11.7 Å². The minimum Gasteiger partial charge on any atom is -0.407 e. The molecule has 0 saturated carbocycles. The van der Waals surface area contributed by atoms with Crippen molar-refractivity contribution < 1.29 is 22.4 Å². The molecule has 0 spiro atoms. The van der Waals surface area contributed by atoms with Gasteiger partial charge in [-0.2, -0.15) is 0 Å². The molecular weight excluding hydrogens is 420 g/mol. The van der Waals surface area contributed by atoms with Crippen LogP contribution in [0.5, 0.6) is 0 Å². The Hall–Kier alpha value is -3.53. The summed E-state index contributed by atoms with van der Waals surface area (Å²) in [6.07, 6.45) is 1.39. The van der Waals surface area contributed by atoms with Gasteiger partial charge in [-0.05, 0) is 29.8 Å². The third-order valence-corrected chi connectivity index (χ3v) is 6.07. The van der Waals surface area contributed by atoms with E-state index >= 15 is 0 Å². The van der Waals surface area contributed by atoms with E-state index < -0.39 is 9.84 Å². The average molecular weight is 440 g/mol. The van der Waals surface area contributed by atoms with E-state index in [4.69, 9.17) is 4.42 Å². The van der Waals surface area contributed by atoms with Crippen molar-refractivity contribution in [3.05, 3.63) is 66.1 Å². The minimum absolute atomic E-state index is 0.0193. The maximum absolute atomic E-state index is 12.4. The number of rotatable bonds is 6. The Morgan fingerprint density at radius 3 is 2.52 bits per heavy atom. The Morgan fingerprint density at radius 1 is 1.13 bits per heavy atom. The van der Waals surface area contributed by atoms with Crippen LogP contribution in [0.3, 0.4) is 0 Å². The Labute approximate surface area is 179 Å². The van der Waals surface area contributed by atoms with Gasteiger partial charge in [-0.1, -0.05) is 35.4 Å². The van der Waals surface area contributed by atoms with Crippen molar-refractivity contribution in [2.75, 3.05) is 23.0 Å². The monoisotopic (exact) mass is 440 g/mol. The number of benzene rings is 2. The number of hydrogen-bond donors (Lipinski definition) is 1. The van der Waals surface area contributed by atoms with Crippen molar-refractivity contribution in [1.29, 1.82) is 0 Å². The number of carbonyl (C=O) groups is 2. The molecule has 1 saturated heterocycles. The van der Waals surface area contributed by atoms with Crippen molar-refractivity contribution in [2.45, 2.75) is 23.7 Å². The second kappa shape index (κ2) is 8.31. The number of aromatic nitrogens is 2. The van der Waals surface area contributed by atoms with E-state index in [2.05, 4.69) is 15.5 Å². The molecule has 3 aromatic rings. The highest BCUT2D eigenvalue weighted by atomic mass is 32.2. The molecule has 2 amide bonds. The Bertz CT molecular complexity index is 1210. The van der Waals surface area contributed by atoms with Crippen LogP contribution in [-0.2, 0) is 25.8 Å². The molecule has 1 unspecified atom stereocenters. The molecule has 160 valence electrons. The van der Waals surface area contributed by atoms with Crippen molar-refractivity contribution in [2.24, 2.45) is 0 Å². The zero-order chi connectivity index (χ0) is 22.0. The number of hydrogen-bond acceptors (Lipinski definition) is 7. The second-order valence-electron chi connectivity index (χ2n) is 7.33. The van der Waals surface area contributed by atoms with Crippen LogP contribution in [0, 0.1) is 0 Å². The van der Waals surface area contributed by atoms with Gasteiger partial charge in [0.2, 0.25) is 17.7 Å². The predicted octanol–water partition coefficient (Wildman–Crippen LogP) is 2.17. The molecule has 1 fully saturated rings. The van der Waals surface area contributed by atoms with E-state index in [1.165, 1.54) is 12.1 Å². The maximum atomic E-state index is 12.4. The summed E-state index contributed by atoms with van der Waals surface area (Å²) in [7, 11) is -3.29. The van der Waals surface area contributed by atoms with Crippen LogP contribution < -0.4 is 10.2 Å². The molecule has 10 heteroatoms. The summed E-state index contributed by atoms with van der Waals surface area (Å²) in [4.78, 5) is 26.5. The Morgan fingerprint density at radius 2 is 1.84 bits per heavy atom. The second-order valence-corrected chi connectivity index (χ2v) is 9.34. The average Bonchev–Trinajstić information content (AvgIpc) is 3.35. The molecule has 1 aliphatic heterocycles. The molecule has 4 rings (SSSR count). The SMILES string of the molecule is CS(=O)(=O)c1ccc(CC(=O)Nc2nnc(C3CC(=O)N(c4ccccc4)C3)o2)cc1. The van der Waals surface area contributed by atoms with E-state index in [-0.39, 0.29) is 41.5 Å². The lowest BCUT2D eigenvalue weighted by atomic mass is 10.1. The van der Waals surface area contributed by atoms with E-state index in [0.717, 1.165) is 11.9 Å². The third kappa shape index (κ3) is 4.80. The molecule has 0 bridgehead atoms. The Kier molecular flexibility index (Phi) is 5.55. The van der Waals surface area contributed by atoms with Gasteiger partial charge in [-0.15, -0.1) is 5.10 Å². The predicted molar refractivity (Wildman–Crippen MR) is 112 cm³/mol. The number of para-hydroxylation sites is 1. The van der Waals surface area contributed by atoms with Gasteiger partial charge in [0, 0.05) is 24.9 Å². The molecule has 1 aliphatic rings.